The average Bonchev–Trinajstić information content (AvgIpc) is 2.49. The van der Waals surface area contributed by atoms with E-state index < -0.39 is 0 Å². The summed E-state index contributed by atoms with van der Waals surface area (Å²) in [5.74, 6) is 0.446. The first-order valence-corrected chi connectivity index (χ1v) is 6.75. The first-order valence-electron chi connectivity index (χ1n) is 6.75. The molecule has 116 valence electrons. The van der Waals surface area contributed by atoms with Crippen LogP contribution in [0.2, 0.25) is 0 Å². The number of hydrogen-bond donors (Lipinski definition) is 1. The van der Waals surface area contributed by atoms with Gasteiger partial charge in [0.15, 0.2) is 0 Å². The van der Waals surface area contributed by atoms with E-state index in [1.807, 2.05) is 14.1 Å². The molecule has 0 atom stereocenters. The van der Waals surface area contributed by atoms with E-state index in [4.69, 9.17) is 9.47 Å². The van der Waals surface area contributed by atoms with Crippen LogP contribution in [-0.4, -0.2) is 58.2 Å². The van der Waals surface area contributed by atoms with E-state index in [1.165, 1.54) is 7.11 Å². The molecule has 0 fully saturated rings. The quantitative estimate of drug-likeness (QED) is 0.489. The highest BCUT2D eigenvalue weighted by Gasteiger charge is 2.09. The monoisotopic (exact) mass is 293 g/mol. The van der Waals surface area contributed by atoms with Gasteiger partial charge in [0.25, 0.3) is 11.9 Å². The Labute approximate surface area is 125 Å². The molecular weight excluding hydrogens is 270 g/mol. The lowest BCUT2D eigenvalue weighted by molar-refractivity contribution is 0.0968. The van der Waals surface area contributed by atoms with E-state index in [9.17, 15) is 4.79 Å². The standard InChI is InChI=1S/C15H23N3O3/c1-18(2)11-5-10-16-15(21-4)17-14(19)12-6-8-13(20-3)9-7-12/h6-9H,5,10-11H2,1-4H3,(H,16,17,19). The molecule has 0 aliphatic heterocycles. The second-order valence-corrected chi connectivity index (χ2v) is 4.73. The molecule has 1 aromatic rings. The zero-order chi connectivity index (χ0) is 15.7. The average molecular weight is 293 g/mol. The molecule has 0 radical (unpaired) electrons. The van der Waals surface area contributed by atoms with Crippen molar-refractivity contribution in [2.75, 3.05) is 41.4 Å². The highest BCUT2D eigenvalue weighted by molar-refractivity contribution is 6.04. The van der Waals surface area contributed by atoms with Crippen molar-refractivity contribution in [3.63, 3.8) is 0 Å². The van der Waals surface area contributed by atoms with Crippen LogP contribution in [0.1, 0.15) is 16.8 Å². The van der Waals surface area contributed by atoms with Gasteiger partial charge in [0.2, 0.25) is 0 Å². The van der Waals surface area contributed by atoms with Gasteiger partial charge in [-0.05, 0) is 51.3 Å². The molecule has 6 nitrogen and oxygen atoms in total. The molecule has 0 spiro atoms. The maximum absolute atomic E-state index is 12.0. The third-order valence-electron chi connectivity index (χ3n) is 2.78. The molecule has 0 heterocycles. The van der Waals surface area contributed by atoms with E-state index in [1.54, 1.807) is 31.4 Å². The summed E-state index contributed by atoms with van der Waals surface area (Å²) in [7, 11) is 7.08. The summed E-state index contributed by atoms with van der Waals surface area (Å²) >= 11 is 0. The van der Waals surface area contributed by atoms with Gasteiger partial charge in [-0.1, -0.05) is 0 Å². The molecule has 1 rings (SSSR count). The first-order chi connectivity index (χ1) is 10.1. The van der Waals surface area contributed by atoms with Gasteiger partial charge in [-0.15, -0.1) is 0 Å². The van der Waals surface area contributed by atoms with Crippen LogP contribution in [0.3, 0.4) is 0 Å². The van der Waals surface area contributed by atoms with Crippen LogP contribution >= 0.6 is 0 Å². The van der Waals surface area contributed by atoms with Gasteiger partial charge in [0, 0.05) is 12.1 Å². The largest absolute Gasteiger partial charge is 0.497 e. The van der Waals surface area contributed by atoms with Crippen LogP contribution in [0, 0.1) is 0 Å². The Bertz CT molecular complexity index is 470. The summed E-state index contributed by atoms with van der Waals surface area (Å²) in [5.41, 5.74) is 0.522. The number of rotatable bonds is 6. The fourth-order valence-electron chi connectivity index (χ4n) is 1.63. The maximum Gasteiger partial charge on any atom is 0.291 e. The molecule has 1 amide bonds. The maximum atomic E-state index is 12.0. The molecule has 0 aliphatic carbocycles. The number of nitrogens with one attached hydrogen (secondary N) is 1. The van der Waals surface area contributed by atoms with Crippen molar-refractivity contribution in [2.45, 2.75) is 6.42 Å². The Hall–Kier alpha value is -2.08. The number of benzene rings is 1. The van der Waals surface area contributed by atoms with Crippen molar-refractivity contribution in [3.05, 3.63) is 29.8 Å². The third kappa shape index (κ3) is 6.27. The molecule has 6 heteroatoms. The van der Waals surface area contributed by atoms with E-state index in [0.29, 0.717) is 17.9 Å². The fourth-order valence-corrected chi connectivity index (χ4v) is 1.63. The van der Waals surface area contributed by atoms with Crippen LogP contribution in [0.4, 0.5) is 0 Å². The minimum atomic E-state index is -0.258. The van der Waals surface area contributed by atoms with Crippen molar-refractivity contribution < 1.29 is 14.3 Å². The van der Waals surface area contributed by atoms with Gasteiger partial charge in [-0.3, -0.25) is 10.1 Å². The summed E-state index contributed by atoms with van der Waals surface area (Å²) in [5, 5.41) is 2.64. The topological polar surface area (TPSA) is 63.2 Å². The Morgan fingerprint density at radius 3 is 2.43 bits per heavy atom. The first kappa shape index (κ1) is 17.0. The van der Waals surface area contributed by atoms with E-state index in [2.05, 4.69) is 15.2 Å². The number of methoxy groups -OCH3 is 2. The van der Waals surface area contributed by atoms with E-state index in [-0.39, 0.29) is 11.9 Å². The molecule has 1 N–H and O–H groups in total. The lowest BCUT2D eigenvalue weighted by Crippen LogP contribution is -2.32. The zero-order valence-corrected chi connectivity index (χ0v) is 13.0. The Balaban J connectivity index is 2.54. The van der Waals surface area contributed by atoms with Gasteiger partial charge in [-0.25, -0.2) is 4.99 Å². The van der Waals surface area contributed by atoms with Gasteiger partial charge >= 0.3 is 0 Å². The predicted molar refractivity (Wildman–Crippen MR) is 82.9 cm³/mol. The number of amidine groups is 1. The van der Waals surface area contributed by atoms with Crippen LogP contribution in [0.25, 0.3) is 0 Å². The van der Waals surface area contributed by atoms with Crippen LogP contribution in [-0.2, 0) is 4.74 Å². The summed E-state index contributed by atoms with van der Waals surface area (Å²) in [4.78, 5) is 18.3. The number of amides is 1. The minimum absolute atomic E-state index is 0.231. The summed E-state index contributed by atoms with van der Waals surface area (Å²) < 4.78 is 10.1. The van der Waals surface area contributed by atoms with Crippen molar-refractivity contribution in [3.8, 4) is 5.75 Å². The predicted octanol–water partition coefficient (Wildman–Crippen LogP) is 1.38. The van der Waals surface area contributed by atoms with Crippen LogP contribution in [0.5, 0.6) is 5.75 Å². The number of carbonyl (C=O) groups is 1. The molecule has 21 heavy (non-hydrogen) atoms. The van der Waals surface area contributed by atoms with Gasteiger partial charge in [0.05, 0.1) is 14.2 Å². The number of aliphatic imine (C=N–C) groups is 1. The Morgan fingerprint density at radius 2 is 1.90 bits per heavy atom. The van der Waals surface area contributed by atoms with Gasteiger partial charge < -0.3 is 14.4 Å². The van der Waals surface area contributed by atoms with Gasteiger partial charge in [-0.2, -0.15) is 0 Å². The molecule has 0 saturated carbocycles. The molecule has 0 aromatic heterocycles. The minimum Gasteiger partial charge on any atom is -0.497 e. The molecule has 0 unspecified atom stereocenters. The second-order valence-electron chi connectivity index (χ2n) is 4.73. The molecule has 1 aromatic carbocycles. The molecule has 0 bridgehead atoms. The van der Waals surface area contributed by atoms with Crippen LogP contribution < -0.4 is 10.1 Å². The number of ether oxygens (including phenoxy) is 2. The Morgan fingerprint density at radius 1 is 1.24 bits per heavy atom. The SMILES string of the molecule is COC(=NCCCN(C)C)NC(=O)c1ccc(OC)cc1. The zero-order valence-electron chi connectivity index (χ0n) is 13.0. The highest BCUT2D eigenvalue weighted by Crippen LogP contribution is 2.11. The van der Waals surface area contributed by atoms with Crippen molar-refractivity contribution in [2.24, 2.45) is 4.99 Å². The van der Waals surface area contributed by atoms with Gasteiger partial charge in [0.1, 0.15) is 5.75 Å². The smallest absolute Gasteiger partial charge is 0.291 e. The number of nitrogens with zero attached hydrogens (tertiary/aromatic N) is 2. The summed E-state index contributed by atoms with van der Waals surface area (Å²) in [6.45, 7) is 1.54. The fraction of sp³-hybridized carbons (Fsp3) is 0.467. The molecule has 0 saturated heterocycles. The lowest BCUT2D eigenvalue weighted by Gasteiger charge is -2.09. The second kappa shape index (κ2) is 8.97. The molecule has 0 aliphatic rings. The normalized spacial score (nSPS) is 11.4. The third-order valence-corrected chi connectivity index (χ3v) is 2.78. The number of hydrogen-bond acceptors (Lipinski definition) is 5. The molecular formula is C15H23N3O3. The Kier molecular flexibility index (Phi) is 7.25. The summed E-state index contributed by atoms with van der Waals surface area (Å²) in [6, 6.07) is 7.07. The highest BCUT2D eigenvalue weighted by atomic mass is 16.5. The van der Waals surface area contributed by atoms with Crippen molar-refractivity contribution in [1.29, 1.82) is 0 Å². The number of carbonyl (C=O) groups excluding carboxylic acids is 1. The lowest BCUT2D eigenvalue weighted by atomic mass is 10.2. The van der Waals surface area contributed by atoms with E-state index in [0.717, 1.165) is 13.0 Å². The van der Waals surface area contributed by atoms with Crippen LogP contribution in [0.15, 0.2) is 29.3 Å². The van der Waals surface area contributed by atoms with Crippen molar-refractivity contribution in [1.82, 2.24) is 10.2 Å². The van der Waals surface area contributed by atoms with Crippen molar-refractivity contribution >= 4 is 11.9 Å². The van der Waals surface area contributed by atoms with E-state index >= 15 is 0 Å². The summed E-state index contributed by atoms with van der Waals surface area (Å²) in [6.07, 6.45) is 0.901.